The molecule has 0 bridgehead atoms. The van der Waals surface area contributed by atoms with Crippen LogP contribution in [0.2, 0.25) is 0 Å². The van der Waals surface area contributed by atoms with E-state index in [0.717, 1.165) is 11.3 Å². The number of ether oxygens (including phenoxy) is 3. The van der Waals surface area contributed by atoms with Crippen molar-refractivity contribution in [3.8, 4) is 5.75 Å². The van der Waals surface area contributed by atoms with Crippen molar-refractivity contribution in [2.45, 2.75) is 6.92 Å². The normalized spacial score (nSPS) is 10.6. The van der Waals surface area contributed by atoms with Crippen LogP contribution in [0.5, 0.6) is 5.75 Å². The zero-order valence-electron chi connectivity index (χ0n) is 10.7. The standard InChI is InChI=1S/C14H18O4/c1-3-17-14(15)9-6-12-4-7-13(8-5-12)18-11-10-16-2/h4-9H,3,10-11H2,1-2H3. The van der Waals surface area contributed by atoms with Crippen molar-refractivity contribution in [3.63, 3.8) is 0 Å². The molecule has 0 saturated heterocycles. The van der Waals surface area contributed by atoms with Crippen molar-refractivity contribution in [2.24, 2.45) is 0 Å². The number of hydrogen-bond donors (Lipinski definition) is 0. The Morgan fingerprint density at radius 2 is 1.94 bits per heavy atom. The largest absolute Gasteiger partial charge is 0.491 e. The summed E-state index contributed by atoms with van der Waals surface area (Å²) < 4.78 is 15.1. The van der Waals surface area contributed by atoms with Crippen molar-refractivity contribution in [2.75, 3.05) is 26.9 Å². The highest BCUT2D eigenvalue weighted by molar-refractivity contribution is 5.87. The Hall–Kier alpha value is -1.81. The van der Waals surface area contributed by atoms with Crippen LogP contribution >= 0.6 is 0 Å². The van der Waals surface area contributed by atoms with Gasteiger partial charge in [0.05, 0.1) is 13.2 Å². The predicted molar refractivity (Wildman–Crippen MR) is 69.5 cm³/mol. The summed E-state index contributed by atoms with van der Waals surface area (Å²) in [6, 6.07) is 7.44. The van der Waals surface area contributed by atoms with Crippen molar-refractivity contribution < 1.29 is 19.0 Å². The van der Waals surface area contributed by atoms with E-state index < -0.39 is 0 Å². The van der Waals surface area contributed by atoms with Gasteiger partial charge in [0.25, 0.3) is 0 Å². The Labute approximate surface area is 107 Å². The van der Waals surface area contributed by atoms with E-state index >= 15 is 0 Å². The summed E-state index contributed by atoms with van der Waals surface area (Å²) in [5, 5.41) is 0. The second kappa shape index (κ2) is 8.31. The molecule has 0 amide bonds. The lowest BCUT2D eigenvalue weighted by molar-refractivity contribution is -0.137. The van der Waals surface area contributed by atoms with Gasteiger partial charge in [-0.3, -0.25) is 0 Å². The minimum atomic E-state index is -0.335. The summed E-state index contributed by atoms with van der Waals surface area (Å²) in [5.74, 6) is 0.443. The molecule has 0 saturated carbocycles. The van der Waals surface area contributed by atoms with Gasteiger partial charge in [0.15, 0.2) is 0 Å². The van der Waals surface area contributed by atoms with Crippen LogP contribution in [0.3, 0.4) is 0 Å². The van der Waals surface area contributed by atoms with Crippen LogP contribution in [0.15, 0.2) is 30.3 Å². The van der Waals surface area contributed by atoms with Gasteiger partial charge in [-0.1, -0.05) is 12.1 Å². The molecule has 1 aromatic carbocycles. The van der Waals surface area contributed by atoms with Crippen LogP contribution in [0.25, 0.3) is 6.08 Å². The first kappa shape index (κ1) is 14.3. The van der Waals surface area contributed by atoms with Crippen LogP contribution in [0.4, 0.5) is 0 Å². The third-order valence-corrected chi connectivity index (χ3v) is 2.13. The average Bonchev–Trinajstić information content (AvgIpc) is 2.38. The summed E-state index contributed by atoms with van der Waals surface area (Å²) in [4.78, 5) is 11.1. The maximum absolute atomic E-state index is 11.1. The van der Waals surface area contributed by atoms with Gasteiger partial charge in [-0.25, -0.2) is 4.79 Å². The van der Waals surface area contributed by atoms with E-state index in [0.29, 0.717) is 19.8 Å². The third-order valence-electron chi connectivity index (χ3n) is 2.13. The van der Waals surface area contributed by atoms with Gasteiger partial charge in [-0.05, 0) is 30.7 Å². The number of carbonyl (C=O) groups excluding carboxylic acids is 1. The molecule has 0 N–H and O–H groups in total. The van der Waals surface area contributed by atoms with Crippen molar-refractivity contribution in [1.82, 2.24) is 0 Å². The molecule has 98 valence electrons. The maximum atomic E-state index is 11.1. The van der Waals surface area contributed by atoms with E-state index in [1.807, 2.05) is 24.3 Å². The molecule has 0 heterocycles. The van der Waals surface area contributed by atoms with Gasteiger partial charge in [0, 0.05) is 13.2 Å². The average molecular weight is 250 g/mol. The fourth-order valence-electron chi connectivity index (χ4n) is 1.27. The lowest BCUT2D eigenvalue weighted by Crippen LogP contribution is -2.03. The zero-order valence-corrected chi connectivity index (χ0v) is 10.7. The molecular formula is C14H18O4. The number of methoxy groups -OCH3 is 1. The number of carbonyl (C=O) groups is 1. The van der Waals surface area contributed by atoms with Gasteiger partial charge in [0.1, 0.15) is 12.4 Å². The third kappa shape index (κ3) is 5.50. The highest BCUT2D eigenvalue weighted by Gasteiger charge is 1.95. The molecule has 0 aliphatic heterocycles. The SMILES string of the molecule is CCOC(=O)C=Cc1ccc(OCCOC)cc1. The van der Waals surface area contributed by atoms with E-state index in [1.165, 1.54) is 6.08 Å². The molecule has 0 radical (unpaired) electrons. The number of hydrogen-bond acceptors (Lipinski definition) is 4. The second-order valence-corrected chi connectivity index (χ2v) is 3.50. The van der Waals surface area contributed by atoms with Crippen molar-refractivity contribution in [1.29, 1.82) is 0 Å². The lowest BCUT2D eigenvalue weighted by atomic mass is 10.2. The fourth-order valence-corrected chi connectivity index (χ4v) is 1.27. The molecule has 0 aliphatic carbocycles. The summed E-state index contributed by atoms with van der Waals surface area (Å²) in [6.45, 7) is 3.24. The number of rotatable bonds is 7. The maximum Gasteiger partial charge on any atom is 0.330 e. The predicted octanol–water partition coefficient (Wildman–Crippen LogP) is 2.29. The highest BCUT2D eigenvalue weighted by atomic mass is 16.5. The summed E-state index contributed by atoms with van der Waals surface area (Å²) in [5.41, 5.74) is 0.919. The van der Waals surface area contributed by atoms with E-state index in [1.54, 1.807) is 20.1 Å². The Morgan fingerprint density at radius 3 is 2.56 bits per heavy atom. The number of esters is 1. The smallest absolute Gasteiger partial charge is 0.330 e. The lowest BCUT2D eigenvalue weighted by Gasteiger charge is -2.05. The van der Waals surface area contributed by atoms with Crippen LogP contribution in [-0.4, -0.2) is 32.9 Å². The van der Waals surface area contributed by atoms with Gasteiger partial charge in [-0.15, -0.1) is 0 Å². The first-order chi connectivity index (χ1) is 8.76. The first-order valence-electron chi connectivity index (χ1n) is 5.83. The highest BCUT2D eigenvalue weighted by Crippen LogP contribution is 2.13. The van der Waals surface area contributed by atoms with E-state index in [4.69, 9.17) is 14.2 Å². The van der Waals surface area contributed by atoms with E-state index in [9.17, 15) is 4.79 Å². The summed E-state index contributed by atoms with van der Waals surface area (Å²) in [6.07, 6.45) is 3.11. The molecule has 18 heavy (non-hydrogen) atoms. The minimum absolute atomic E-state index is 0.335. The summed E-state index contributed by atoms with van der Waals surface area (Å²) >= 11 is 0. The van der Waals surface area contributed by atoms with Gasteiger partial charge >= 0.3 is 5.97 Å². The molecule has 0 fully saturated rings. The molecule has 4 nitrogen and oxygen atoms in total. The molecule has 0 spiro atoms. The zero-order chi connectivity index (χ0) is 13.2. The molecule has 0 aliphatic rings. The van der Waals surface area contributed by atoms with Crippen LogP contribution in [-0.2, 0) is 14.3 Å². The Morgan fingerprint density at radius 1 is 1.22 bits per heavy atom. The molecule has 1 rings (SSSR count). The Balaban J connectivity index is 2.47. The Bertz CT molecular complexity index is 381. The molecule has 4 heteroatoms. The number of benzene rings is 1. The summed E-state index contributed by atoms with van der Waals surface area (Å²) in [7, 11) is 1.63. The van der Waals surface area contributed by atoms with E-state index in [-0.39, 0.29) is 5.97 Å². The second-order valence-electron chi connectivity index (χ2n) is 3.50. The van der Waals surface area contributed by atoms with Gasteiger partial charge in [-0.2, -0.15) is 0 Å². The van der Waals surface area contributed by atoms with Crippen LogP contribution in [0.1, 0.15) is 12.5 Å². The van der Waals surface area contributed by atoms with Crippen LogP contribution in [0, 0.1) is 0 Å². The Kier molecular flexibility index (Phi) is 6.58. The minimum Gasteiger partial charge on any atom is -0.491 e. The fraction of sp³-hybridized carbons (Fsp3) is 0.357. The van der Waals surface area contributed by atoms with Gasteiger partial charge in [0.2, 0.25) is 0 Å². The molecule has 0 aromatic heterocycles. The first-order valence-corrected chi connectivity index (χ1v) is 5.83. The molecule has 0 atom stereocenters. The van der Waals surface area contributed by atoms with E-state index in [2.05, 4.69) is 0 Å². The topological polar surface area (TPSA) is 44.8 Å². The molecular weight excluding hydrogens is 232 g/mol. The van der Waals surface area contributed by atoms with Crippen molar-refractivity contribution >= 4 is 12.0 Å². The van der Waals surface area contributed by atoms with Gasteiger partial charge < -0.3 is 14.2 Å². The quantitative estimate of drug-likeness (QED) is 0.423. The van der Waals surface area contributed by atoms with Crippen molar-refractivity contribution in [3.05, 3.63) is 35.9 Å². The van der Waals surface area contributed by atoms with Crippen LogP contribution < -0.4 is 4.74 Å². The monoisotopic (exact) mass is 250 g/mol. The molecule has 1 aromatic rings. The molecule has 0 unspecified atom stereocenters.